The van der Waals surface area contributed by atoms with Gasteiger partial charge in [-0.05, 0) is 59.3 Å². The Morgan fingerprint density at radius 2 is 1.97 bits per heavy atom. The van der Waals surface area contributed by atoms with Crippen LogP contribution >= 0.6 is 11.8 Å². The van der Waals surface area contributed by atoms with Crippen LogP contribution in [0.15, 0.2) is 47.6 Å². The van der Waals surface area contributed by atoms with E-state index in [0.29, 0.717) is 22.3 Å². The summed E-state index contributed by atoms with van der Waals surface area (Å²) in [5.41, 5.74) is 2.12. The largest absolute Gasteiger partial charge is 0.494 e. The average Bonchev–Trinajstić information content (AvgIpc) is 3.22. The molecule has 0 spiro atoms. The molecular weight excluding hydrogens is 423 g/mol. The van der Waals surface area contributed by atoms with Gasteiger partial charge in [-0.1, -0.05) is 17.8 Å². The summed E-state index contributed by atoms with van der Waals surface area (Å²) in [7, 11) is 3.08. The van der Waals surface area contributed by atoms with Gasteiger partial charge in [0.1, 0.15) is 17.3 Å². The lowest BCUT2D eigenvalue weighted by molar-refractivity contribution is -0.131. The molecular formula is C20H21FN6O3S. The Balaban J connectivity index is 1.59. The Hall–Kier alpha value is -3.47. The molecule has 0 aliphatic rings. The highest BCUT2D eigenvalue weighted by Gasteiger charge is 2.18. The van der Waals surface area contributed by atoms with Gasteiger partial charge in [0.05, 0.1) is 19.4 Å². The van der Waals surface area contributed by atoms with Gasteiger partial charge in [0.15, 0.2) is 0 Å². The molecule has 2 aromatic carbocycles. The van der Waals surface area contributed by atoms with E-state index in [2.05, 4.69) is 20.8 Å². The molecule has 0 unspecified atom stereocenters. The molecule has 0 saturated carbocycles. The van der Waals surface area contributed by atoms with Crippen molar-refractivity contribution in [1.82, 2.24) is 25.1 Å². The lowest BCUT2D eigenvalue weighted by atomic mass is 10.2. The van der Waals surface area contributed by atoms with Crippen LogP contribution in [0.3, 0.4) is 0 Å². The Kier molecular flexibility index (Phi) is 7.19. The second-order valence-corrected chi connectivity index (χ2v) is 7.58. The van der Waals surface area contributed by atoms with E-state index in [-0.39, 0.29) is 24.1 Å². The van der Waals surface area contributed by atoms with Gasteiger partial charge in [-0.25, -0.2) is 4.39 Å². The lowest BCUT2D eigenvalue weighted by Gasteiger charge is -2.16. The second-order valence-electron chi connectivity index (χ2n) is 6.64. The molecule has 0 radical (unpaired) electrons. The standard InChI is InChI=1S/C20H21FN6O3S/c1-13-4-9-17(30-3)16(10-13)27-20(23-24-25-27)31-12-19(29)26(2)11-18(28)22-15-7-5-14(21)6-8-15/h4-10H,11-12H2,1-3H3,(H,22,28). The van der Waals surface area contributed by atoms with E-state index < -0.39 is 5.82 Å². The van der Waals surface area contributed by atoms with E-state index in [9.17, 15) is 14.0 Å². The molecule has 31 heavy (non-hydrogen) atoms. The normalized spacial score (nSPS) is 10.6. The first-order valence-corrected chi connectivity index (χ1v) is 10.2. The Bertz CT molecular complexity index is 1070. The maximum atomic E-state index is 12.9. The zero-order valence-electron chi connectivity index (χ0n) is 17.2. The number of nitrogens with zero attached hydrogens (tertiary/aromatic N) is 5. The number of likely N-dealkylation sites (N-methyl/N-ethyl adjacent to an activating group) is 1. The number of aryl methyl sites for hydroxylation is 1. The number of halogens is 1. The van der Waals surface area contributed by atoms with Crippen molar-refractivity contribution < 1.29 is 18.7 Å². The zero-order valence-corrected chi connectivity index (χ0v) is 18.0. The fourth-order valence-corrected chi connectivity index (χ4v) is 3.48. The minimum atomic E-state index is -0.395. The summed E-state index contributed by atoms with van der Waals surface area (Å²) in [6.45, 7) is 1.79. The summed E-state index contributed by atoms with van der Waals surface area (Å²) in [5, 5.41) is 14.7. The predicted octanol–water partition coefficient (Wildman–Crippen LogP) is 2.31. The van der Waals surface area contributed by atoms with Crippen LogP contribution in [0.1, 0.15) is 5.56 Å². The number of nitrogens with one attached hydrogen (secondary N) is 1. The van der Waals surface area contributed by atoms with Crippen LogP contribution in [-0.4, -0.2) is 63.4 Å². The van der Waals surface area contributed by atoms with E-state index in [1.807, 2.05) is 25.1 Å². The summed E-state index contributed by atoms with van der Waals surface area (Å²) >= 11 is 1.15. The number of carbonyl (C=O) groups is 2. The van der Waals surface area contributed by atoms with Crippen LogP contribution in [0, 0.1) is 12.7 Å². The van der Waals surface area contributed by atoms with E-state index in [1.54, 1.807) is 7.11 Å². The van der Waals surface area contributed by atoms with Gasteiger partial charge in [0.25, 0.3) is 0 Å². The lowest BCUT2D eigenvalue weighted by Crippen LogP contribution is -2.36. The van der Waals surface area contributed by atoms with Gasteiger partial charge in [-0.3, -0.25) is 9.59 Å². The molecule has 2 amide bonds. The number of tetrazole rings is 1. The van der Waals surface area contributed by atoms with Crippen molar-refractivity contribution in [1.29, 1.82) is 0 Å². The molecule has 0 fully saturated rings. The van der Waals surface area contributed by atoms with E-state index >= 15 is 0 Å². The molecule has 9 nitrogen and oxygen atoms in total. The number of benzene rings is 2. The molecule has 0 saturated heterocycles. The van der Waals surface area contributed by atoms with Crippen molar-refractivity contribution in [3.8, 4) is 11.4 Å². The number of thioether (sulfide) groups is 1. The van der Waals surface area contributed by atoms with Crippen molar-refractivity contribution in [2.24, 2.45) is 0 Å². The van der Waals surface area contributed by atoms with Crippen molar-refractivity contribution in [2.75, 3.05) is 31.8 Å². The number of rotatable bonds is 8. The first-order chi connectivity index (χ1) is 14.9. The SMILES string of the molecule is COc1ccc(C)cc1-n1nnnc1SCC(=O)N(C)CC(=O)Nc1ccc(F)cc1. The maximum Gasteiger partial charge on any atom is 0.243 e. The number of methoxy groups -OCH3 is 1. The number of hydrogen-bond acceptors (Lipinski definition) is 7. The van der Waals surface area contributed by atoms with Crippen LogP contribution in [0.25, 0.3) is 5.69 Å². The average molecular weight is 444 g/mol. The van der Waals surface area contributed by atoms with Crippen LogP contribution in [-0.2, 0) is 9.59 Å². The first kappa shape index (κ1) is 22.2. The van der Waals surface area contributed by atoms with Crippen molar-refractivity contribution >= 4 is 29.3 Å². The smallest absolute Gasteiger partial charge is 0.243 e. The van der Waals surface area contributed by atoms with Crippen LogP contribution in [0.5, 0.6) is 5.75 Å². The number of ether oxygens (including phenoxy) is 1. The van der Waals surface area contributed by atoms with Gasteiger partial charge < -0.3 is 15.0 Å². The molecule has 3 rings (SSSR count). The van der Waals surface area contributed by atoms with Crippen molar-refractivity contribution in [3.05, 3.63) is 53.8 Å². The quantitative estimate of drug-likeness (QED) is 0.532. The highest BCUT2D eigenvalue weighted by atomic mass is 32.2. The maximum absolute atomic E-state index is 12.9. The number of amides is 2. The number of aromatic nitrogens is 4. The highest BCUT2D eigenvalue weighted by Crippen LogP contribution is 2.27. The van der Waals surface area contributed by atoms with Crippen LogP contribution in [0.4, 0.5) is 10.1 Å². The first-order valence-electron chi connectivity index (χ1n) is 9.23. The summed E-state index contributed by atoms with van der Waals surface area (Å²) in [4.78, 5) is 25.9. The van der Waals surface area contributed by atoms with E-state index in [1.165, 1.54) is 40.9 Å². The third-order valence-electron chi connectivity index (χ3n) is 4.26. The van der Waals surface area contributed by atoms with Gasteiger partial charge in [0.2, 0.25) is 17.0 Å². The molecule has 0 bridgehead atoms. The fourth-order valence-electron chi connectivity index (χ4n) is 2.66. The Morgan fingerprint density at radius 3 is 2.68 bits per heavy atom. The minimum Gasteiger partial charge on any atom is -0.494 e. The molecule has 0 aliphatic heterocycles. The summed E-state index contributed by atoms with van der Waals surface area (Å²) < 4.78 is 19.8. The molecule has 3 aromatic rings. The molecule has 1 heterocycles. The minimum absolute atomic E-state index is 0.0365. The highest BCUT2D eigenvalue weighted by molar-refractivity contribution is 7.99. The molecule has 0 aliphatic carbocycles. The Labute approximate surface area is 182 Å². The van der Waals surface area contributed by atoms with Gasteiger partial charge >= 0.3 is 0 Å². The topological polar surface area (TPSA) is 102 Å². The fraction of sp³-hybridized carbons (Fsp3) is 0.250. The molecule has 162 valence electrons. The van der Waals surface area contributed by atoms with Crippen molar-refractivity contribution in [3.63, 3.8) is 0 Å². The predicted molar refractivity (Wildman–Crippen MR) is 114 cm³/mol. The monoisotopic (exact) mass is 444 g/mol. The zero-order chi connectivity index (χ0) is 22.4. The number of carbonyl (C=O) groups excluding carboxylic acids is 2. The third kappa shape index (κ3) is 5.79. The van der Waals surface area contributed by atoms with Gasteiger partial charge in [-0.15, -0.1) is 5.10 Å². The van der Waals surface area contributed by atoms with Crippen LogP contribution in [0.2, 0.25) is 0 Å². The number of hydrogen-bond donors (Lipinski definition) is 1. The molecule has 1 N–H and O–H groups in total. The summed E-state index contributed by atoms with van der Waals surface area (Å²) in [6.07, 6.45) is 0. The summed E-state index contributed by atoms with van der Waals surface area (Å²) in [6, 6.07) is 11.0. The summed E-state index contributed by atoms with van der Waals surface area (Å²) in [5.74, 6) is -0.421. The second kappa shape index (κ2) is 10.0. The molecule has 0 atom stereocenters. The number of anilines is 1. The van der Waals surface area contributed by atoms with E-state index in [4.69, 9.17) is 4.74 Å². The van der Waals surface area contributed by atoms with Crippen LogP contribution < -0.4 is 10.1 Å². The van der Waals surface area contributed by atoms with Crippen molar-refractivity contribution in [2.45, 2.75) is 12.1 Å². The van der Waals surface area contributed by atoms with Gasteiger partial charge in [-0.2, -0.15) is 4.68 Å². The van der Waals surface area contributed by atoms with E-state index in [0.717, 1.165) is 17.3 Å². The Morgan fingerprint density at radius 1 is 1.23 bits per heavy atom. The molecule has 1 aromatic heterocycles. The third-order valence-corrected chi connectivity index (χ3v) is 5.17. The van der Waals surface area contributed by atoms with Gasteiger partial charge in [0, 0.05) is 12.7 Å². The molecule has 11 heteroatoms.